The van der Waals surface area contributed by atoms with Crippen LogP contribution in [0.3, 0.4) is 0 Å². The maximum atomic E-state index is 13.7. The Morgan fingerprint density at radius 2 is 2.19 bits per heavy atom. The van der Waals surface area contributed by atoms with Crippen LogP contribution >= 0.6 is 0 Å². The molecule has 0 aliphatic carbocycles. The number of carboxylic acids is 1. The van der Waals surface area contributed by atoms with Gasteiger partial charge < -0.3 is 10.0 Å². The molecule has 0 spiro atoms. The lowest BCUT2D eigenvalue weighted by Gasteiger charge is -2.26. The minimum absolute atomic E-state index is 0.0323. The Morgan fingerprint density at radius 3 is 2.69 bits per heavy atom. The lowest BCUT2D eigenvalue weighted by atomic mass is 10.3. The summed E-state index contributed by atoms with van der Waals surface area (Å²) in [5, 5.41) is 8.75. The molecule has 0 amide bonds. The molecule has 0 aliphatic heterocycles. The molecule has 16 heavy (non-hydrogen) atoms. The number of hydrogen-bond donors (Lipinski definition) is 1. The van der Waals surface area contributed by atoms with E-state index < -0.39 is 11.8 Å². The van der Waals surface area contributed by atoms with Gasteiger partial charge in [0, 0.05) is 6.04 Å². The van der Waals surface area contributed by atoms with E-state index in [0.29, 0.717) is 0 Å². The number of hydrogen-bond acceptors (Lipinski definition) is 4. The van der Waals surface area contributed by atoms with Crippen LogP contribution in [0.15, 0.2) is 6.33 Å². The van der Waals surface area contributed by atoms with Crippen molar-refractivity contribution in [2.24, 2.45) is 0 Å². The van der Waals surface area contributed by atoms with Gasteiger partial charge in [-0.3, -0.25) is 4.79 Å². The van der Waals surface area contributed by atoms with E-state index in [4.69, 9.17) is 5.11 Å². The molecule has 0 aliphatic rings. The van der Waals surface area contributed by atoms with E-state index in [1.165, 1.54) is 18.2 Å². The summed E-state index contributed by atoms with van der Waals surface area (Å²) in [7, 11) is 0. The summed E-state index contributed by atoms with van der Waals surface area (Å²) >= 11 is 0. The van der Waals surface area contributed by atoms with E-state index in [9.17, 15) is 9.18 Å². The second-order valence-electron chi connectivity index (χ2n) is 3.71. The maximum absolute atomic E-state index is 13.7. The largest absolute Gasteiger partial charge is 0.480 e. The van der Waals surface area contributed by atoms with Gasteiger partial charge in [0.05, 0.1) is 5.69 Å². The highest BCUT2D eigenvalue weighted by Crippen LogP contribution is 2.19. The van der Waals surface area contributed by atoms with Crippen LogP contribution < -0.4 is 4.90 Å². The van der Waals surface area contributed by atoms with Gasteiger partial charge in [0.15, 0.2) is 11.6 Å². The van der Waals surface area contributed by atoms with Gasteiger partial charge >= 0.3 is 5.97 Å². The first-order chi connectivity index (χ1) is 7.43. The van der Waals surface area contributed by atoms with E-state index in [1.54, 1.807) is 13.8 Å². The zero-order valence-corrected chi connectivity index (χ0v) is 9.44. The first kappa shape index (κ1) is 12.4. The standard InChI is InChI=1S/C10H14FN3O2/c1-6(2)14(4-8(15)16)10-9(11)7(3)12-5-13-10/h5-6H,4H2,1-3H3,(H,15,16). The van der Waals surface area contributed by atoms with Gasteiger partial charge in [-0.1, -0.05) is 0 Å². The third-order valence-electron chi connectivity index (χ3n) is 2.15. The van der Waals surface area contributed by atoms with Crippen molar-refractivity contribution in [2.75, 3.05) is 11.4 Å². The van der Waals surface area contributed by atoms with Gasteiger partial charge in [-0.2, -0.15) is 0 Å². The lowest BCUT2D eigenvalue weighted by molar-refractivity contribution is -0.135. The highest BCUT2D eigenvalue weighted by atomic mass is 19.1. The first-order valence-electron chi connectivity index (χ1n) is 4.89. The molecule has 1 aromatic rings. The van der Waals surface area contributed by atoms with Crippen molar-refractivity contribution in [1.82, 2.24) is 9.97 Å². The van der Waals surface area contributed by atoms with Crippen LogP contribution in [0.4, 0.5) is 10.2 Å². The van der Waals surface area contributed by atoms with Gasteiger partial charge in [0.2, 0.25) is 0 Å². The molecule has 88 valence electrons. The number of aliphatic carboxylic acids is 1. The van der Waals surface area contributed by atoms with Crippen LogP contribution in [-0.2, 0) is 4.79 Å². The fraction of sp³-hybridized carbons (Fsp3) is 0.500. The third kappa shape index (κ3) is 2.65. The van der Waals surface area contributed by atoms with Crippen LogP contribution in [0, 0.1) is 12.7 Å². The second-order valence-corrected chi connectivity index (χ2v) is 3.71. The van der Waals surface area contributed by atoms with Crippen LogP contribution in [0.5, 0.6) is 0 Å². The average molecular weight is 227 g/mol. The number of rotatable bonds is 4. The molecule has 0 saturated heterocycles. The van der Waals surface area contributed by atoms with Crippen molar-refractivity contribution in [3.63, 3.8) is 0 Å². The first-order valence-corrected chi connectivity index (χ1v) is 4.89. The van der Waals surface area contributed by atoms with Gasteiger partial charge in [-0.05, 0) is 20.8 Å². The quantitative estimate of drug-likeness (QED) is 0.837. The Bertz CT molecular complexity index is 396. The van der Waals surface area contributed by atoms with Gasteiger partial charge in [-0.15, -0.1) is 0 Å². The molecule has 0 atom stereocenters. The summed E-state index contributed by atoms with van der Waals surface area (Å²) in [6.07, 6.45) is 1.23. The van der Waals surface area contributed by atoms with Crippen molar-refractivity contribution in [3.05, 3.63) is 17.8 Å². The van der Waals surface area contributed by atoms with Crippen molar-refractivity contribution >= 4 is 11.8 Å². The van der Waals surface area contributed by atoms with Crippen molar-refractivity contribution < 1.29 is 14.3 Å². The van der Waals surface area contributed by atoms with Crippen LogP contribution in [0.25, 0.3) is 0 Å². The number of carboxylic acid groups (broad SMARTS) is 1. The van der Waals surface area contributed by atoms with Crippen molar-refractivity contribution in [1.29, 1.82) is 0 Å². The monoisotopic (exact) mass is 227 g/mol. The Balaban J connectivity index is 3.10. The molecule has 0 radical (unpaired) electrons. The van der Waals surface area contributed by atoms with Crippen LogP contribution in [-0.4, -0.2) is 33.6 Å². The maximum Gasteiger partial charge on any atom is 0.323 e. The predicted octanol–water partition coefficient (Wildman–Crippen LogP) is 1.22. The summed E-state index contributed by atoms with van der Waals surface area (Å²) in [4.78, 5) is 19.5. The SMILES string of the molecule is Cc1ncnc(N(CC(=O)O)C(C)C)c1F. The van der Waals surface area contributed by atoms with Gasteiger partial charge in [0.1, 0.15) is 12.9 Å². The average Bonchev–Trinajstić information content (AvgIpc) is 2.18. The summed E-state index contributed by atoms with van der Waals surface area (Å²) in [5.74, 6) is -1.56. The number of carbonyl (C=O) groups is 1. The molecular formula is C10H14FN3O2. The summed E-state index contributed by atoms with van der Waals surface area (Å²) in [6.45, 7) is 4.78. The van der Waals surface area contributed by atoms with Gasteiger partial charge in [0.25, 0.3) is 0 Å². The number of nitrogens with zero attached hydrogens (tertiary/aromatic N) is 3. The molecule has 6 heteroatoms. The fourth-order valence-electron chi connectivity index (χ4n) is 1.29. The molecule has 1 aromatic heterocycles. The Labute approximate surface area is 92.9 Å². The molecule has 0 aromatic carbocycles. The molecule has 0 fully saturated rings. The van der Waals surface area contributed by atoms with Crippen molar-refractivity contribution in [2.45, 2.75) is 26.8 Å². The van der Waals surface area contributed by atoms with E-state index >= 15 is 0 Å². The fourth-order valence-corrected chi connectivity index (χ4v) is 1.29. The number of aryl methyl sites for hydroxylation is 1. The molecular weight excluding hydrogens is 213 g/mol. The number of halogens is 1. The molecule has 1 rings (SSSR count). The normalized spacial score (nSPS) is 10.6. The third-order valence-corrected chi connectivity index (χ3v) is 2.15. The highest BCUT2D eigenvalue weighted by molar-refractivity contribution is 5.73. The molecule has 0 bridgehead atoms. The van der Waals surface area contributed by atoms with E-state index in [1.807, 2.05) is 0 Å². The molecule has 0 unspecified atom stereocenters. The predicted molar refractivity (Wildman–Crippen MR) is 56.8 cm³/mol. The van der Waals surface area contributed by atoms with Gasteiger partial charge in [-0.25, -0.2) is 14.4 Å². The summed E-state index contributed by atoms with van der Waals surface area (Å²) in [6, 6.07) is -0.153. The molecule has 5 nitrogen and oxygen atoms in total. The Kier molecular flexibility index (Phi) is 3.76. The van der Waals surface area contributed by atoms with Crippen LogP contribution in [0.1, 0.15) is 19.5 Å². The lowest BCUT2D eigenvalue weighted by Crippen LogP contribution is -2.37. The zero-order chi connectivity index (χ0) is 12.3. The van der Waals surface area contributed by atoms with Crippen molar-refractivity contribution in [3.8, 4) is 0 Å². The Morgan fingerprint density at radius 1 is 1.56 bits per heavy atom. The smallest absolute Gasteiger partial charge is 0.323 e. The number of aromatic nitrogens is 2. The molecule has 1 heterocycles. The topological polar surface area (TPSA) is 66.3 Å². The van der Waals surface area contributed by atoms with E-state index in [-0.39, 0.29) is 24.1 Å². The minimum Gasteiger partial charge on any atom is -0.480 e. The molecule has 1 N–H and O–H groups in total. The van der Waals surface area contributed by atoms with E-state index in [2.05, 4.69) is 9.97 Å². The van der Waals surface area contributed by atoms with Crippen LogP contribution in [0.2, 0.25) is 0 Å². The van der Waals surface area contributed by atoms with E-state index in [0.717, 1.165) is 0 Å². The second kappa shape index (κ2) is 4.87. The summed E-state index contributed by atoms with van der Waals surface area (Å²) < 4.78 is 13.7. The minimum atomic E-state index is -1.02. The highest BCUT2D eigenvalue weighted by Gasteiger charge is 2.20. The Hall–Kier alpha value is -1.72. The zero-order valence-electron chi connectivity index (χ0n) is 9.44. The summed E-state index contributed by atoms with van der Waals surface area (Å²) in [5.41, 5.74) is 0.209. The molecule has 0 saturated carbocycles. The number of anilines is 1.